The lowest BCUT2D eigenvalue weighted by molar-refractivity contribution is 0.453. The molecule has 0 atom stereocenters. The molecular formula is C19H28OS2Si. The van der Waals surface area contributed by atoms with Gasteiger partial charge in [-0.2, -0.15) is 11.3 Å². The number of thioether (sulfide) groups is 1. The summed E-state index contributed by atoms with van der Waals surface area (Å²) in [5.41, 5.74) is 2.16. The molecule has 1 heterocycles. The Balaban J connectivity index is 2.26. The fourth-order valence-electron chi connectivity index (χ4n) is 2.61. The number of phenolic OH excluding ortho intramolecular Hbond substituents is 1. The van der Waals surface area contributed by atoms with Crippen LogP contribution >= 0.6 is 23.1 Å². The van der Waals surface area contributed by atoms with E-state index in [9.17, 15) is 5.11 Å². The van der Waals surface area contributed by atoms with Crippen LogP contribution in [0.4, 0.5) is 0 Å². The van der Waals surface area contributed by atoms with Gasteiger partial charge < -0.3 is 5.11 Å². The van der Waals surface area contributed by atoms with Gasteiger partial charge in [-0.05, 0) is 50.4 Å². The molecule has 1 nitrogen and oxygen atoms in total. The van der Waals surface area contributed by atoms with Crippen LogP contribution in [0.1, 0.15) is 50.7 Å². The first-order chi connectivity index (χ1) is 10.7. The molecule has 0 amide bonds. The average Bonchev–Trinajstić information content (AvgIpc) is 3.00. The first kappa shape index (κ1) is 18.6. The number of hydrogen-bond donors (Lipinski definition) is 1. The van der Waals surface area contributed by atoms with Gasteiger partial charge in [-0.25, -0.2) is 0 Å². The Morgan fingerprint density at radius 1 is 1.09 bits per heavy atom. The summed E-state index contributed by atoms with van der Waals surface area (Å²) in [5, 5.41) is 13.9. The predicted octanol–water partition coefficient (Wildman–Crippen LogP) is 5.95. The van der Waals surface area contributed by atoms with E-state index in [1.165, 1.54) is 10.3 Å². The van der Waals surface area contributed by atoms with E-state index in [4.69, 9.17) is 0 Å². The molecule has 0 unspecified atom stereocenters. The molecule has 0 aliphatic heterocycles. The van der Waals surface area contributed by atoms with Crippen molar-refractivity contribution in [3.05, 3.63) is 40.8 Å². The lowest BCUT2D eigenvalue weighted by Gasteiger charge is -2.22. The van der Waals surface area contributed by atoms with E-state index in [1.54, 1.807) is 4.50 Å². The Morgan fingerprint density at radius 2 is 1.65 bits per heavy atom. The quantitative estimate of drug-likeness (QED) is 0.505. The van der Waals surface area contributed by atoms with Gasteiger partial charge in [0.15, 0.2) is 0 Å². The lowest BCUT2D eigenvalue weighted by atomic mass is 9.94. The van der Waals surface area contributed by atoms with E-state index in [0.29, 0.717) is 17.6 Å². The van der Waals surface area contributed by atoms with Crippen LogP contribution < -0.4 is 4.50 Å². The molecule has 1 aromatic heterocycles. The van der Waals surface area contributed by atoms with Crippen LogP contribution in [0.3, 0.4) is 0 Å². The molecule has 0 radical (unpaired) electrons. The average molecular weight is 365 g/mol. The van der Waals surface area contributed by atoms with Crippen LogP contribution in [-0.4, -0.2) is 18.6 Å². The van der Waals surface area contributed by atoms with Crippen molar-refractivity contribution in [2.75, 3.05) is 5.38 Å². The summed E-state index contributed by atoms with van der Waals surface area (Å²) in [7, 11) is -1.39. The molecule has 0 aliphatic rings. The minimum Gasteiger partial charge on any atom is -0.507 e. The van der Waals surface area contributed by atoms with E-state index >= 15 is 0 Å². The standard InChI is InChI=1S/C19H28OS2Si/c1-13(2)16-10-15(11-17(14(3)4)19(16)20)22-12-23(5,6)18-8-7-9-21-18/h7-11,13-14,20H,12H2,1-6H3. The molecule has 1 aromatic carbocycles. The fourth-order valence-corrected chi connectivity index (χ4v) is 8.73. The van der Waals surface area contributed by atoms with Gasteiger partial charge in [0.05, 0.1) is 0 Å². The highest BCUT2D eigenvalue weighted by molar-refractivity contribution is 8.01. The van der Waals surface area contributed by atoms with E-state index < -0.39 is 8.07 Å². The van der Waals surface area contributed by atoms with Crippen molar-refractivity contribution in [1.82, 2.24) is 0 Å². The van der Waals surface area contributed by atoms with Crippen LogP contribution in [-0.2, 0) is 0 Å². The van der Waals surface area contributed by atoms with Crippen LogP contribution in [0.2, 0.25) is 13.1 Å². The molecule has 1 N–H and O–H groups in total. The zero-order valence-electron chi connectivity index (χ0n) is 15.0. The fraction of sp³-hybridized carbons (Fsp3) is 0.474. The number of rotatable bonds is 6. The second-order valence-electron chi connectivity index (χ2n) is 7.41. The lowest BCUT2D eigenvalue weighted by Crippen LogP contribution is -2.42. The van der Waals surface area contributed by atoms with E-state index in [0.717, 1.165) is 11.1 Å². The molecular weight excluding hydrogens is 336 g/mol. The van der Waals surface area contributed by atoms with E-state index in [-0.39, 0.29) is 0 Å². The van der Waals surface area contributed by atoms with Gasteiger partial charge in [0.1, 0.15) is 13.8 Å². The SMILES string of the molecule is CC(C)c1cc(SC[Si](C)(C)c2cccs2)cc(C(C)C)c1O. The Bertz CT molecular complexity index is 616. The molecule has 0 fully saturated rings. The van der Waals surface area contributed by atoms with Gasteiger partial charge in [-0.1, -0.05) is 52.9 Å². The minimum absolute atomic E-state index is 0.343. The zero-order chi connectivity index (χ0) is 17.2. The maximum absolute atomic E-state index is 10.5. The number of phenols is 1. The maximum atomic E-state index is 10.5. The highest BCUT2D eigenvalue weighted by Gasteiger charge is 2.25. The Hall–Kier alpha value is -0.713. The van der Waals surface area contributed by atoms with Crippen LogP contribution in [0.15, 0.2) is 34.5 Å². The number of aromatic hydroxyl groups is 1. The zero-order valence-corrected chi connectivity index (χ0v) is 17.6. The monoisotopic (exact) mass is 364 g/mol. The molecule has 0 spiro atoms. The molecule has 126 valence electrons. The summed E-state index contributed by atoms with van der Waals surface area (Å²) in [5.74, 6) is 1.18. The molecule has 23 heavy (non-hydrogen) atoms. The Labute approximate surface area is 150 Å². The van der Waals surface area contributed by atoms with Gasteiger partial charge in [0.2, 0.25) is 0 Å². The third-order valence-corrected chi connectivity index (χ3v) is 12.4. The van der Waals surface area contributed by atoms with E-state index in [2.05, 4.69) is 70.4 Å². The largest absolute Gasteiger partial charge is 0.507 e. The highest BCUT2D eigenvalue weighted by Crippen LogP contribution is 2.38. The number of benzene rings is 1. The molecule has 0 aliphatic carbocycles. The second-order valence-corrected chi connectivity index (χ2v) is 14.9. The molecule has 2 rings (SSSR count). The van der Waals surface area contributed by atoms with Crippen molar-refractivity contribution in [3.63, 3.8) is 0 Å². The summed E-state index contributed by atoms with van der Waals surface area (Å²) in [6, 6.07) is 8.83. The normalized spacial score (nSPS) is 12.3. The first-order valence-corrected chi connectivity index (χ1v) is 13.3. The summed E-state index contributed by atoms with van der Waals surface area (Å²) in [4.78, 5) is 1.30. The smallest absolute Gasteiger partial charge is 0.122 e. The third kappa shape index (κ3) is 4.43. The van der Waals surface area contributed by atoms with Gasteiger partial charge in [0, 0.05) is 4.90 Å². The second kappa shape index (κ2) is 7.45. The van der Waals surface area contributed by atoms with Gasteiger partial charge in [-0.15, -0.1) is 11.8 Å². The van der Waals surface area contributed by atoms with Gasteiger partial charge in [-0.3, -0.25) is 0 Å². The van der Waals surface area contributed by atoms with Gasteiger partial charge >= 0.3 is 0 Å². The molecule has 0 saturated heterocycles. The van der Waals surface area contributed by atoms with Crippen molar-refractivity contribution in [2.24, 2.45) is 0 Å². The number of thiophene rings is 1. The van der Waals surface area contributed by atoms with Crippen molar-refractivity contribution in [3.8, 4) is 5.75 Å². The third-order valence-electron chi connectivity index (χ3n) is 4.17. The van der Waals surface area contributed by atoms with Gasteiger partial charge in [0.25, 0.3) is 0 Å². The maximum Gasteiger partial charge on any atom is 0.122 e. The summed E-state index contributed by atoms with van der Waals surface area (Å²) >= 11 is 3.85. The first-order valence-electron chi connectivity index (χ1n) is 8.26. The summed E-state index contributed by atoms with van der Waals surface area (Å²) in [6.45, 7) is 13.5. The summed E-state index contributed by atoms with van der Waals surface area (Å²) in [6.07, 6.45) is 0. The molecule has 4 heteroatoms. The number of hydrogen-bond acceptors (Lipinski definition) is 3. The van der Waals surface area contributed by atoms with Crippen molar-refractivity contribution >= 4 is 35.7 Å². The minimum atomic E-state index is -1.39. The molecule has 0 bridgehead atoms. The van der Waals surface area contributed by atoms with Crippen molar-refractivity contribution < 1.29 is 5.11 Å². The topological polar surface area (TPSA) is 20.2 Å². The van der Waals surface area contributed by atoms with Crippen molar-refractivity contribution in [1.29, 1.82) is 0 Å². The predicted molar refractivity (Wildman–Crippen MR) is 108 cm³/mol. The Morgan fingerprint density at radius 3 is 2.09 bits per heavy atom. The van der Waals surface area contributed by atoms with E-state index in [1.807, 2.05) is 23.1 Å². The van der Waals surface area contributed by atoms with Crippen LogP contribution in [0.25, 0.3) is 0 Å². The Kier molecular flexibility index (Phi) is 6.03. The van der Waals surface area contributed by atoms with Crippen molar-refractivity contribution in [2.45, 2.75) is 57.5 Å². The molecule has 0 saturated carbocycles. The summed E-state index contributed by atoms with van der Waals surface area (Å²) < 4.78 is 1.57. The highest BCUT2D eigenvalue weighted by atomic mass is 32.2. The van der Waals surface area contributed by atoms with Crippen LogP contribution in [0.5, 0.6) is 5.75 Å². The van der Waals surface area contributed by atoms with Crippen LogP contribution in [0, 0.1) is 0 Å². The molecule has 2 aromatic rings.